The highest BCUT2D eigenvalue weighted by Gasteiger charge is 2.16. The third-order valence-electron chi connectivity index (χ3n) is 5.20. The van der Waals surface area contributed by atoms with Gasteiger partial charge in [0.25, 0.3) is 5.91 Å². The fourth-order valence-corrected chi connectivity index (χ4v) is 4.48. The molecular formula is C26H23ClN2O3S. The molecule has 0 aliphatic rings. The summed E-state index contributed by atoms with van der Waals surface area (Å²) in [6.45, 7) is 4.23. The van der Waals surface area contributed by atoms with Crippen LogP contribution >= 0.6 is 11.6 Å². The van der Waals surface area contributed by atoms with Gasteiger partial charge in [0.05, 0.1) is 22.2 Å². The van der Waals surface area contributed by atoms with E-state index in [2.05, 4.69) is 10.3 Å². The Morgan fingerprint density at radius 2 is 1.64 bits per heavy atom. The molecule has 4 aromatic rings. The number of aryl methyl sites for hydroxylation is 2. The lowest BCUT2D eigenvalue weighted by atomic mass is 10.1. The molecule has 1 aromatic heterocycles. The van der Waals surface area contributed by atoms with Gasteiger partial charge in [-0.3, -0.25) is 9.00 Å². The van der Waals surface area contributed by atoms with Crippen molar-refractivity contribution in [1.82, 2.24) is 10.3 Å². The van der Waals surface area contributed by atoms with Crippen LogP contribution in [0, 0.1) is 13.8 Å². The molecule has 4 rings (SSSR count). The first-order valence-corrected chi connectivity index (χ1v) is 12.1. The Hall–Kier alpha value is -3.22. The zero-order valence-electron chi connectivity index (χ0n) is 18.3. The standard InChI is InChI=1S/C26H23ClN2O3S/c1-17-3-13-23(14-4-17)33(31)16-24-18(2)32-26(29-24)21-9-7-20(8-10-21)25(30)28-15-19-5-11-22(27)12-6-19/h3-14H,15-16H2,1-2H3,(H,28,30). The summed E-state index contributed by atoms with van der Waals surface area (Å²) in [7, 11) is -1.21. The topological polar surface area (TPSA) is 72.2 Å². The van der Waals surface area contributed by atoms with Crippen LogP contribution in [0.1, 0.15) is 32.9 Å². The van der Waals surface area contributed by atoms with Gasteiger partial charge >= 0.3 is 0 Å². The van der Waals surface area contributed by atoms with E-state index < -0.39 is 10.8 Å². The van der Waals surface area contributed by atoms with Crippen LogP contribution in [-0.4, -0.2) is 15.1 Å². The Morgan fingerprint density at radius 3 is 2.30 bits per heavy atom. The molecule has 168 valence electrons. The molecule has 3 aromatic carbocycles. The average Bonchev–Trinajstić information content (AvgIpc) is 3.19. The molecule has 7 heteroatoms. The SMILES string of the molecule is Cc1ccc(S(=O)Cc2nc(-c3ccc(C(=O)NCc4ccc(Cl)cc4)cc3)oc2C)cc1. The molecule has 0 spiro atoms. The molecule has 0 bridgehead atoms. The highest BCUT2D eigenvalue weighted by Crippen LogP contribution is 2.24. The maximum atomic E-state index is 12.7. The number of amides is 1. The minimum absolute atomic E-state index is 0.172. The van der Waals surface area contributed by atoms with Crippen molar-refractivity contribution < 1.29 is 13.4 Å². The summed E-state index contributed by atoms with van der Waals surface area (Å²) in [4.78, 5) is 17.8. The Kier molecular flexibility index (Phi) is 7.06. The van der Waals surface area contributed by atoms with Gasteiger partial charge in [-0.25, -0.2) is 4.98 Å². The number of benzene rings is 3. The maximum Gasteiger partial charge on any atom is 0.251 e. The molecule has 1 heterocycles. The molecule has 0 radical (unpaired) electrons. The van der Waals surface area contributed by atoms with E-state index in [0.717, 1.165) is 21.6 Å². The Morgan fingerprint density at radius 1 is 0.970 bits per heavy atom. The molecule has 0 aliphatic carbocycles. The summed E-state index contributed by atoms with van der Waals surface area (Å²) >= 11 is 5.89. The Balaban J connectivity index is 1.41. The van der Waals surface area contributed by atoms with E-state index in [9.17, 15) is 9.00 Å². The van der Waals surface area contributed by atoms with Gasteiger partial charge in [0.15, 0.2) is 0 Å². The number of carbonyl (C=O) groups excluding carboxylic acids is 1. The lowest BCUT2D eigenvalue weighted by Gasteiger charge is -2.06. The number of nitrogens with one attached hydrogen (secondary N) is 1. The number of oxazole rings is 1. The van der Waals surface area contributed by atoms with Gasteiger partial charge in [-0.15, -0.1) is 0 Å². The average molecular weight is 479 g/mol. The summed E-state index contributed by atoms with van der Waals surface area (Å²) in [5, 5.41) is 3.55. The van der Waals surface area contributed by atoms with Gasteiger partial charge in [0, 0.05) is 27.6 Å². The van der Waals surface area contributed by atoms with Crippen LogP contribution in [0.15, 0.2) is 82.1 Å². The minimum Gasteiger partial charge on any atom is -0.441 e. The van der Waals surface area contributed by atoms with Gasteiger partial charge in [0.1, 0.15) is 5.76 Å². The van der Waals surface area contributed by atoms with Crippen LogP contribution in [0.5, 0.6) is 0 Å². The van der Waals surface area contributed by atoms with Gasteiger partial charge in [-0.1, -0.05) is 41.4 Å². The first-order valence-electron chi connectivity index (χ1n) is 10.4. The molecule has 1 unspecified atom stereocenters. The van der Waals surface area contributed by atoms with Crippen molar-refractivity contribution in [2.75, 3.05) is 0 Å². The normalized spacial score (nSPS) is 11.8. The van der Waals surface area contributed by atoms with E-state index in [0.29, 0.717) is 34.5 Å². The molecule has 33 heavy (non-hydrogen) atoms. The molecule has 1 atom stereocenters. The molecule has 0 fully saturated rings. The van der Waals surface area contributed by atoms with Crippen LogP contribution in [0.2, 0.25) is 5.02 Å². The smallest absolute Gasteiger partial charge is 0.251 e. The number of carbonyl (C=O) groups is 1. The van der Waals surface area contributed by atoms with Crippen LogP contribution in [0.3, 0.4) is 0 Å². The summed E-state index contributed by atoms with van der Waals surface area (Å²) in [6.07, 6.45) is 0. The largest absolute Gasteiger partial charge is 0.441 e. The monoisotopic (exact) mass is 478 g/mol. The fourth-order valence-electron chi connectivity index (χ4n) is 3.23. The van der Waals surface area contributed by atoms with Crippen LogP contribution < -0.4 is 5.32 Å². The van der Waals surface area contributed by atoms with Crippen molar-refractivity contribution in [2.24, 2.45) is 0 Å². The van der Waals surface area contributed by atoms with Crippen molar-refractivity contribution in [3.63, 3.8) is 0 Å². The lowest BCUT2D eigenvalue weighted by molar-refractivity contribution is 0.0951. The first kappa shape index (κ1) is 23.0. The van der Waals surface area contributed by atoms with Crippen molar-refractivity contribution in [1.29, 1.82) is 0 Å². The lowest BCUT2D eigenvalue weighted by Crippen LogP contribution is -2.22. The van der Waals surface area contributed by atoms with Gasteiger partial charge in [-0.2, -0.15) is 0 Å². The van der Waals surface area contributed by atoms with Crippen molar-refractivity contribution in [2.45, 2.75) is 31.0 Å². The van der Waals surface area contributed by atoms with Crippen LogP contribution in [0.25, 0.3) is 11.5 Å². The second-order valence-corrected chi connectivity index (χ2v) is 9.60. The molecule has 0 saturated heterocycles. The number of rotatable bonds is 7. The van der Waals surface area contributed by atoms with E-state index in [1.807, 2.05) is 50.2 Å². The maximum absolute atomic E-state index is 12.7. The predicted molar refractivity (Wildman–Crippen MR) is 131 cm³/mol. The van der Waals surface area contributed by atoms with Gasteiger partial charge in [-0.05, 0) is 67.9 Å². The number of hydrogen-bond donors (Lipinski definition) is 1. The molecule has 0 saturated carbocycles. The van der Waals surface area contributed by atoms with Crippen LogP contribution in [0.4, 0.5) is 0 Å². The second kappa shape index (κ2) is 10.1. The van der Waals surface area contributed by atoms with Crippen molar-refractivity contribution in [3.05, 3.63) is 106 Å². The van der Waals surface area contributed by atoms with Crippen molar-refractivity contribution in [3.8, 4) is 11.5 Å². The Bertz CT molecular complexity index is 1280. The quantitative estimate of drug-likeness (QED) is 0.361. The number of halogens is 1. The van der Waals surface area contributed by atoms with Gasteiger partial charge in [0.2, 0.25) is 5.89 Å². The molecular weight excluding hydrogens is 456 g/mol. The van der Waals surface area contributed by atoms with E-state index >= 15 is 0 Å². The highest BCUT2D eigenvalue weighted by atomic mass is 35.5. The van der Waals surface area contributed by atoms with Crippen molar-refractivity contribution >= 4 is 28.3 Å². The number of hydrogen-bond acceptors (Lipinski definition) is 4. The second-order valence-electron chi connectivity index (χ2n) is 7.71. The van der Waals surface area contributed by atoms with E-state index in [-0.39, 0.29) is 11.7 Å². The molecule has 1 amide bonds. The van der Waals surface area contributed by atoms with Gasteiger partial charge < -0.3 is 9.73 Å². The predicted octanol–water partition coefficient (Wildman–Crippen LogP) is 5.85. The third-order valence-corrected chi connectivity index (χ3v) is 6.79. The highest BCUT2D eigenvalue weighted by molar-refractivity contribution is 7.84. The van der Waals surface area contributed by atoms with E-state index in [4.69, 9.17) is 16.0 Å². The number of aromatic nitrogens is 1. The minimum atomic E-state index is -1.21. The Labute approximate surface area is 200 Å². The van der Waals surface area contributed by atoms with Crippen LogP contribution in [-0.2, 0) is 23.1 Å². The molecule has 0 aliphatic heterocycles. The van der Waals surface area contributed by atoms with E-state index in [1.165, 1.54) is 0 Å². The third kappa shape index (κ3) is 5.78. The zero-order chi connectivity index (χ0) is 23.4. The summed E-state index contributed by atoms with van der Waals surface area (Å²) in [6, 6.07) is 22.0. The number of nitrogens with zero attached hydrogens (tertiary/aromatic N) is 1. The molecule has 1 N–H and O–H groups in total. The zero-order valence-corrected chi connectivity index (χ0v) is 19.9. The summed E-state index contributed by atoms with van der Waals surface area (Å²) in [5.74, 6) is 1.19. The molecule has 5 nitrogen and oxygen atoms in total. The van der Waals surface area contributed by atoms with E-state index in [1.54, 1.807) is 36.4 Å². The first-order chi connectivity index (χ1) is 15.9. The fraction of sp³-hybridized carbons (Fsp3) is 0.154. The summed E-state index contributed by atoms with van der Waals surface area (Å²) < 4.78 is 18.5. The summed E-state index contributed by atoms with van der Waals surface area (Å²) in [5.41, 5.74) is 4.04.